The molecule has 0 heterocycles. The number of halogens is 3. The molecule has 2 atom stereocenters. The molecule has 1 aliphatic carbocycles. The van der Waals surface area contributed by atoms with Gasteiger partial charge in [0.15, 0.2) is 5.54 Å². The molecular formula is C14H14F3NO3S. The fraction of sp³-hybridized carbons (Fsp3) is 0.429. The summed E-state index contributed by atoms with van der Waals surface area (Å²) < 4.78 is 42.1. The van der Waals surface area contributed by atoms with E-state index in [2.05, 4.69) is 4.74 Å². The average Bonchev–Trinajstić information content (AvgIpc) is 2.48. The summed E-state index contributed by atoms with van der Waals surface area (Å²) in [6, 6.07) is 8.96. The molecule has 2 rings (SSSR count). The predicted molar refractivity (Wildman–Crippen MR) is 74.3 cm³/mol. The highest BCUT2D eigenvalue weighted by atomic mass is 32.2. The monoisotopic (exact) mass is 333 g/mol. The Morgan fingerprint density at radius 2 is 1.95 bits per heavy atom. The number of alkyl halides is 3. The number of esters is 1. The molecule has 1 fully saturated rings. The summed E-state index contributed by atoms with van der Waals surface area (Å²) in [4.78, 5) is 24.0. The number of benzene rings is 1. The third-order valence-corrected chi connectivity index (χ3v) is 4.98. The summed E-state index contributed by atoms with van der Waals surface area (Å²) in [6.45, 7) is 0. The van der Waals surface area contributed by atoms with Gasteiger partial charge in [-0.25, -0.2) is 4.79 Å². The summed E-state index contributed by atoms with van der Waals surface area (Å²) in [5, 5.41) is 1.33. The lowest BCUT2D eigenvalue weighted by atomic mass is 9.76. The largest absolute Gasteiger partial charge is 0.471 e. The van der Waals surface area contributed by atoms with Gasteiger partial charge in [0.2, 0.25) is 0 Å². The minimum absolute atomic E-state index is 0.117. The van der Waals surface area contributed by atoms with Gasteiger partial charge in [-0.15, -0.1) is 11.8 Å². The Hall–Kier alpha value is -1.70. The van der Waals surface area contributed by atoms with Gasteiger partial charge >= 0.3 is 18.1 Å². The number of hydrogen-bond acceptors (Lipinski definition) is 4. The number of thioether (sulfide) groups is 1. The van der Waals surface area contributed by atoms with Gasteiger partial charge in [-0.2, -0.15) is 13.2 Å². The average molecular weight is 333 g/mol. The molecule has 8 heteroatoms. The van der Waals surface area contributed by atoms with Crippen LogP contribution in [0.25, 0.3) is 0 Å². The first kappa shape index (κ1) is 16.7. The zero-order valence-corrected chi connectivity index (χ0v) is 12.5. The van der Waals surface area contributed by atoms with Crippen molar-refractivity contribution in [2.45, 2.75) is 34.7 Å². The van der Waals surface area contributed by atoms with Crippen LogP contribution in [0, 0.1) is 0 Å². The lowest BCUT2D eigenvalue weighted by Crippen LogP contribution is -2.68. The Kier molecular flexibility index (Phi) is 4.69. The smallest absolute Gasteiger partial charge is 0.467 e. The van der Waals surface area contributed by atoms with E-state index in [0.717, 1.165) is 12.0 Å². The van der Waals surface area contributed by atoms with Crippen LogP contribution in [-0.2, 0) is 14.3 Å². The second-order valence-corrected chi connectivity index (χ2v) is 6.15. The molecule has 22 heavy (non-hydrogen) atoms. The zero-order chi connectivity index (χ0) is 16.4. The summed E-state index contributed by atoms with van der Waals surface area (Å²) in [5.41, 5.74) is -1.64. The van der Waals surface area contributed by atoms with Crippen molar-refractivity contribution < 1.29 is 27.5 Å². The van der Waals surface area contributed by atoms with E-state index >= 15 is 0 Å². The maximum atomic E-state index is 12.5. The molecule has 1 amide bonds. The standard InChI is InChI=1S/C14H14F3NO3S/c1-21-12(20)13(18-11(19)14(15,16)17)8-7-10(13)22-9-5-3-2-4-6-9/h2-6,10H,7-8H2,1H3,(H,18,19)/t10-,13+/m1/s1. The zero-order valence-electron chi connectivity index (χ0n) is 11.6. The number of methoxy groups -OCH3 is 1. The van der Waals surface area contributed by atoms with Crippen LogP contribution in [0.4, 0.5) is 13.2 Å². The topological polar surface area (TPSA) is 55.4 Å². The van der Waals surface area contributed by atoms with E-state index in [1.165, 1.54) is 11.8 Å². The molecule has 0 saturated heterocycles. The fourth-order valence-corrected chi connectivity index (χ4v) is 3.61. The Labute approximate surface area is 129 Å². The van der Waals surface area contributed by atoms with Gasteiger partial charge in [0.05, 0.1) is 7.11 Å². The number of amides is 1. The molecule has 1 aliphatic rings. The normalized spacial score (nSPS) is 24.3. The summed E-state index contributed by atoms with van der Waals surface area (Å²) >= 11 is 1.25. The van der Waals surface area contributed by atoms with Gasteiger partial charge in [0, 0.05) is 10.1 Å². The molecule has 4 nitrogen and oxygen atoms in total. The maximum Gasteiger partial charge on any atom is 0.471 e. The Bertz CT molecular complexity index is 564. The number of carbonyl (C=O) groups excluding carboxylic acids is 2. The molecule has 0 unspecified atom stereocenters. The van der Waals surface area contributed by atoms with Crippen molar-refractivity contribution in [2.75, 3.05) is 7.11 Å². The third-order valence-electron chi connectivity index (χ3n) is 3.52. The molecule has 0 aliphatic heterocycles. The first-order valence-corrected chi connectivity index (χ1v) is 7.37. The van der Waals surface area contributed by atoms with Gasteiger partial charge in [0.25, 0.3) is 0 Å². The predicted octanol–water partition coefficient (Wildman–Crippen LogP) is 2.53. The SMILES string of the molecule is COC(=O)[C@]1(NC(=O)C(F)(F)F)CC[C@H]1Sc1ccccc1. The van der Waals surface area contributed by atoms with Crippen molar-refractivity contribution in [1.29, 1.82) is 0 Å². The quantitative estimate of drug-likeness (QED) is 0.861. The van der Waals surface area contributed by atoms with E-state index in [4.69, 9.17) is 0 Å². The molecular weight excluding hydrogens is 319 g/mol. The van der Waals surface area contributed by atoms with Crippen LogP contribution in [0.5, 0.6) is 0 Å². The number of hydrogen-bond donors (Lipinski definition) is 1. The first-order valence-electron chi connectivity index (χ1n) is 6.49. The fourth-order valence-electron chi connectivity index (χ4n) is 2.26. The van der Waals surface area contributed by atoms with Crippen LogP contribution < -0.4 is 5.32 Å². The van der Waals surface area contributed by atoms with Crippen LogP contribution in [0.1, 0.15) is 12.8 Å². The van der Waals surface area contributed by atoms with Crippen LogP contribution in [0.3, 0.4) is 0 Å². The van der Waals surface area contributed by atoms with E-state index in [-0.39, 0.29) is 6.42 Å². The highest BCUT2D eigenvalue weighted by molar-refractivity contribution is 8.00. The van der Waals surface area contributed by atoms with Crippen LogP contribution in [-0.4, -0.2) is 36.0 Å². The molecule has 120 valence electrons. The van der Waals surface area contributed by atoms with Crippen molar-refractivity contribution in [3.63, 3.8) is 0 Å². The molecule has 0 spiro atoms. The molecule has 1 aromatic carbocycles. The lowest BCUT2D eigenvalue weighted by Gasteiger charge is -2.46. The van der Waals surface area contributed by atoms with Crippen molar-refractivity contribution in [3.8, 4) is 0 Å². The van der Waals surface area contributed by atoms with Gasteiger partial charge in [0.1, 0.15) is 0 Å². The number of rotatable bonds is 4. The summed E-state index contributed by atoms with van der Waals surface area (Å²) in [7, 11) is 1.09. The molecule has 1 saturated carbocycles. The van der Waals surface area contributed by atoms with E-state index in [9.17, 15) is 22.8 Å². The second kappa shape index (κ2) is 6.20. The number of carbonyl (C=O) groups is 2. The highest BCUT2D eigenvalue weighted by Crippen LogP contribution is 2.45. The Morgan fingerprint density at radius 3 is 2.41 bits per heavy atom. The Balaban J connectivity index is 2.19. The van der Waals surface area contributed by atoms with Crippen molar-refractivity contribution in [2.24, 2.45) is 0 Å². The molecule has 0 bridgehead atoms. The van der Waals surface area contributed by atoms with Gasteiger partial charge in [-0.05, 0) is 25.0 Å². The maximum absolute atomic E-state index is 12.5. The van der Waals surface area contributed by atoms with Crippen LogP contribution in [0.15, 0.2) is 35.2 Å². The minimum atomic E-state index is -5.04. The van der Waals surface area contributed by atoms with Gasteiger partial charge in [-0.3, -0.25) is 4.79 Å². The van der Waals surface area contributed by atoms with E-state index in [1.54, 1.807) is 24.3 Å². The molecule has 0 radical (unpaired) electrons. The van der Waals surface area contributed by atoms with Crippen molar-refractivity contribution >= 4 is 23.6 Å². The van der Waals surface area contributed by atoms with Crippen LogP contribution >= 0.6 is 11.8 Å². The number of ether oxygens (including phenoxy) is 1. The molecule has 1 aromatic rings. The summed E-state index contributed by atoms with van der Waals surface area (Å²) in [6.07, 6.45) is -4.42. The van der Waals surface area contributed by atoms with Crippen molar-refractivity contribution in [1.82, 2.24) is 5.32 Å². The highest BCUT2D eigenvalue weighted by Gasteiger charge is 2.58. The van der Waals surface area contributed by atoms with Gasteiger partial charge < -0.3 is 10.1 Å². The second-order valence-electron chi connectivity index (χ2n) is 4.87. The number of nitrogens with one attached hydrogen (secondary N) is 1. The van der Waals surface area contributed by atoms with Gasteiger partial charge in [-0.1, -0.05) is 18.2 Å². The van der Waals surface area contributed by atoms with E-state index in [1.807, 2.05) is 11.4 Å². The van der Waals surface area contributed by atoms with E-state index < -0.39 is 28.8 Å². The van der Waals surface area contributed by atoms with E-state index in [0.29, 0.717) is 6.42 Å². The lowest BCUT2D eigenvalue weighted by molar-refractivity contribution is -0.179. The molecule has 0 aromatic heterocycles. The van der Waals surface area contributed by atoms with Crippen molar-refractivity contribution in [3.05, 3.63) is 30.3 Å². The van der Waals surface area contributed by atoms with Crippen LogP contribution in [0.2, 0.25) is 0 Å². The minimum Gasteiger partial charge on any atom is -0.467 e. The Morgan fingerprint density at radius 1 is 1.32 bits per heavy atom. The molecule has 1 N–H and O–H groups in total. The third kappa shape index (κ3) is 3.21. The summed E-state index contributed by atoms with van der Waals surface area (Å²) in [5.74, 6) is -2.99. The first-order chi connectivity index (χ1) is 10.3.